The summed E-state index contributed by atoms with van der Waals surface area (Å²) >= 11 is 5.94. The van der Waals surface area contributed by atoms with E-state index in [0.717, 1.165) is 0 Å². The van der Waals surface area contributed by atoms with Crippen LogP contribution in [0.4, 0.5) is 11.4 Å². The molecule has 0 aliphatic heterocycles. The highest BCUT2D eigenvalue weighted by molar-refractivity contribution is 6.33. The zero-order chi connectivity index (χ0) is 14.4. The zero-order valence-electron chi connectivity index (χ0n) is 10.9. The molecule has 104 valence electrons. The predicted octanol–water partition coefficient (Wildman–Crippen LogP) is 0.539. The lowest BCUT2D eigenvalue weighted by atomic mass is 10.3. The van der Waals surface area contributed by atoms with Gasteiger partial charge in [0, 0.05) is 12.7 Å². The second-order valence-corrected chi connectivity index (χ2v) is 4.54. The van der Waals surface area contributed by atoms with Crippen molar-refractivity contribution in [3.05, 3.63) is 23.2 Å². The molecule has 0 bridgehead atoms. The number of hydrogen-bond acceptors (Lipinski definition) is 4. The second kappa shape index (κ2) is 6.96. The molecule has 0 spiro atoms. The summed E-state index contributed by atoms with van der Waals surface area (Å²) in [5.74, 6) is -0.420. The van der Waals surface area contributed by atoms with Crippen molar-refractivity contribution in [1.82, 2.24) is 10.2 Å². The average Bonchev–Trinajstić information content (AvgIpc) is 2.33. The first-order valence-electron chi connectivity index (χ1n) is 5.66. The molecule has 1 rings (SSSR count). The molecular formula is C12H17ClN4O2. The van der Waals surface area contributed by atoms with Gasteiger partial charge in [-0.25, -0.2) is 0 Å². The molecule has 1 aromatic carbocycles. The first kappa shape index (κ1) is 15.3. The SMILES string of the molecule is CNC(=O)CN(C)CC(=O)Nc1cc(N)ccc1Cl. The molecule has 0 fully saturated rings. The van der Waals surface area contributed by atoms with Crippen LogP contribution < -0.4 is 16.4 Å². The second-order valence-electron chi connectivity index (χ2n) is 4.13. The van der Waals surface area contributed by atoms with E-state index in [2.05, 4.69) is 10.6 Å². The topological polar surface area (TPSA) is 87.5 Å². The molecular weight excluding hydrogens is 268 g/mol. The largest absolute Gasteiger partial charge is 0.399 e. The number of likely N-dealkylation sites (N-methyl/N-ethyl adjacent to an activating group) is 2. The van der Waals surface area contributed by atoms with Crippen molar-refractivity contribution in [2.45, 2.75) is 0 Å². The van der Waals surface area contributed by atoms with Crippen LogP contribution in [0, 0.1) is 0 Å². The molecule has 0 radical (unpaired) electrons. The van der Waals surface area contributed by atoms with Crippen LogP contribution in [0.15, 0.2) is 18.2 Å². The Bertz CT molecular complexity index is 479. The van der Waals surface area contributed by atoms with Crippen LogP contribution in [0.3, 0.4) is 0 Å². The van der Waals surface area contributed by atoms with E-state index >= 15 is 0 Å². The number of hydrogen-bond donors (Lipinski definition) is 3. The smallest absolute Gasteiger partial charge is 0.238 e. The number of nitrogens with one attached hydrogen (secondary N) is 2. The van der Waals surface area contributed by atoms with Gasteiger partial charge in [-0.1, -0.05) is 11.6 Å². The molecule has 6 nitrogen and oxygen atoms in total. The van der Waals surface area contributed by atoms with Crippen molar-refractivity contribution in [2.75, 3.05) is 38.2 Å². The summed E-state index contributed by atoms with van der Waals surface area (Å²) in [5, 5.41) is 5.55. The molecule has 19 heavy (non-hydrogen) atoms. The van der Waals surface area contributed by atoms with Crippen LogP contribution in [-0.4, -0.2) is 43.9 Å². The van der Waals surface area contributed by atoms with E-state index in [4.69, 9.17) is 17.3 Å². The van der Waals surface area contributed by atoms with Crippen molar-refractivity contribution >= 4 is 34.8 Å². The minimum Gasteiger partial charge on any atom is -0.399 e. The van der Waals surface area contributed by atoms with Gasteiger partial charge in [0.05, 0.1) is 23.8 Å². The Morgan fingerprint density at radius 3 is 2.58 bits per heavy atom. The lowest BCUT2D eigenvalue weighted by molar-refractivity contribution is -0.122. The lowest BCUT2D eigenvalue weighted by Crippen LogP contribution is -2.37. The maximum atomic E-state index is 11.8. The number of amides is 2. The lowest BCUT2D eigenvalue weighted by Gasteiger charge is -2.15. The van der Waals surface area contributed by atoms with Gasteiger partial charge in [0.2, 0.25) is 11.8 Å². The van der Waals surface area contributed by atoms with E-state index < -0.39 is 0 Å². The highest BCUT2D eigenvalue weighted by Gasteiger charge is 2.11. The predicted molar refractivity (Wildman–Crippen MR) is 76.1 cm³/mol. The van der Waals surface area contributed by atoms with Crippen molar-refractivity contribution in [3.63, 3.8) is 0 Å². The van der Waals surface area contributed by atoms with Gasteiger partial charge in [-0.2, -0.15) is 0 Å². The van der Waals surface area contributed by atoms with E-state index in [-0.39, 0.29) is 24.9 Å². The summed E-state index contributed by atoms with van der Waals surface area (Å²) in [6.45, 7) is 0.229. The first-order valence-corrected chi connectivity index (χ1v) is 6.04. The third kappa shape index (κ3) is 5.15. The number of halogens is 1. The Balaban J connectivity index is 2.55. The fraction of sp³-hybridized carbons (Fsp3) is 0.333. The maximum Gasteiger partial charge on any atom is 0.238 e. The monoisotopic (exact) mass is 284 g/mol. The Labute approximate surface area is 116 Å². The van der Waals surface area contributed by atoms with Crippen molar-refractivity contribution in [1.29, 1.82) is 0 Å². The molecule has 0 unspecified atom stereocenters. The van der Waals surface area contributed by atoms with Crippen LogP contribution in [0.5, 0.6) is 0 Å². The molecule has 0 heterocycles. The number of nitrogens with two attached hydrogens (primary N) is 1. The zero-order valence-corrected chi connectivity index (χ0v) is 11.6. The molecule has 2 amide bonds. The van der Waals surface area contributed by atoms with Crippen molar-refractivity contribution in [3.8, 4) is 0 Å². The molecule has 0 saturated carbocycles. The summed E-state index contributed by atoms with van der Waals surface area (Å²) in [6.07, 6.45) is 0. The number of rotatable bonds is 5. The minimum atomic E-state index is -0.265. The third-order valence-corrected chi connectivity index (χ3v) is 2.70. The summed E-state index contributed by atoms with van der Waals surface area (Å²) in [7, 11) is 3.22. The minimum absolute atomic E-state index is 0.0819. The van der Waals surface area contributed by atoms with Gasteiger partial charge in [0.25, 0.3) is 0 Å². The summed E-state index contributed by atoms with van der Waals surface area (Å²) < 4.78 is 0. The van der Waals surface area contributed by atoms with Crippen molar-refractivity contribution < 1.29 is 9.59 Å². The van der Waals surface area contributed by atoms with Crippen LogP contribution in [0.2, 0.25) is 5.02 Å². The standard InChI is InChI=1S/C12H17ClN4O2/c1-15-11(18)6-17(2)7-12(19)16-10-5-8(14)3-4-9(10)13/h3-5H,6-7,14H2,1-2H3,(H,15,18)(H,16,19). The molecule has 0 saturated heterocycles. The van der Waals surface area contributed by atoms with E-state index in [1.807, 2.05) is 0 Å². The normalized spacial score (nSPS) is 10.3. The van der Waals surface area contributed by atoms with Gasteiger partial charge in [-0.05, 0) is 25.2 Å². The molecule has 1 aromatic rings. The van der Waals surface area contributed by atoms with Gasteiger partial charge in [-0.3, -0.25) is 14.5 Å². The number of nitrogen functional groups attached to an aromatic ring is 1. The Morgan fingerprint density at radius 2 is 1.95 bits per heavy atom. The fourth-order valence-electron chi connectivity index (χ4n) is 1.45. The number of carbonyl (C=O) groups is 2. The Kier molecular flexibility index (Phi) is 5.59. The molecule has 0 aliphatic rings. The van der Waals surface area contributed by atoms with Crippen LogP contribution in [0.25, 0.3) is 0 Å². The third-order valence-electron chi connectivity index (χ3n) is 2.37. The summed E-state index contributed by atoms with van der Waals surface area (Å²) in [4.78, 5) is 24.5. The molecule has 7 heteroatoms. The molecule has 0 aliphatic carbocycles. The molecule has 0 atom stereocenters. The number of benzene rings is 1. The van der Waals surface area contributed by atoms with Gasteiger partial charge >= 0.3 is 0 Å². The van der Waals surface area contributed by atoms with Crippen LogP contribution in [-0.2, 0) is 9.59 Å². The summed E-state index contributed by atoms with van der Waals surface area (Å²) in [6, 6.07) is 4.84. The highest BCUT2D eigenvalue weighted by Crippen LogP contribution is 2.23. The summed E-state index contributed by atoms with van der Waals surface area (Å²) in [5.41, 5.74) is 6.59. The van der Waals surface area contributed by atoms with Gasteiger partial charge < -0.3 is 16.4 Å². The quantitative estimate of drug-likeness (QED) is 0.689. The fourth-order valence-corrected chi connectivity index (χ4v) is 1.62. The van der Waals surface area contributed by atoms with E-state index in [1.165, 1.54) is 0 Å². The Morgan fingerprint density at radius 1 is 1.32 bits per heavy atom. The van der Waals surface area contributed by atoms with Gasteiger partial charge in [0.1, 0.15) is 0 Å². The van der Waals surface area contributed by atoms with Gasteiger partial charge in [0.15, 0.2) is 0 Å². The van der Waals surface area contributed by atoms with E-state index in [1.54, 1.807) is 37.2 Å². The van der Waals surface area contributed by atoms with Crippen LogP contribution >= 0.6 is 11.6 Å². The Hall–Kier alpha value is -1.79. The van der Waals surface area contributed by atoms with Gasteiger partial charge in [-0.15, -0.1) is 0 Å². The first-order chi connectivity index (χ1) is 8.92. The molecule has 4 N–H and O–H groups in total. The number of nitrogens with zero attached hydrogens (tertiary/aromatic N) is 1. The van der Waals surface area contributed by atoms with Crippen molar-refractivity contribution in [2.24, 2.45) is 0 Å². The molecule has 0 aromatic heterocycles. The van der Waals surface area contributed by atoms with E-state index in [9.17, 15) is 9.59 Å². The van der Waals surface area contributed by atoms with E-state index in [0.29, 0.717) is 16.4 Å². The maximum absolute atomic E-state index is 11.8. The average molecular weight is 285 g/mol. The highest BCUT2D eigenvalue weighted by atomic mass is 35.5. The number of anilines is 2. The number of carbonyl (C=O) groups excluding carboxylic acids is 2. The van der Waals surface area contributed by atoms with Crippen LogP contribution in [0.1, 0.15) is 0 Å².